The van der Waals surface area contributed by atoms with E-state index in [9.17, 15) is 4.79 Å². The Morgan fingerprint density at radius 2 is 2.18 bits per heavy atom. The number of fused-ring (bicyclic) bond motifs is 1. The zero-order valence-electron chi connectivity index (χ0n) is 12.3. The maximum atomic E-state index is 12.3. The highest BCUT2D eigenvalue weighted by atomic mass is 16.3. The third-order valence-corrected chi connectivity index (χ3v) is 4.07. The van der Waals surface area contributed by atoms with Gasteiger partial charge in [0.1, 0.15) is 17.0 Å². The molecule has 2 N–H and O–H groups in total. The van der Waals surface area contributed by atoms with E-state index in [4.69, 9.17) is 4.42 Å². The van der Waals surface area contributed by atoms with Gasteiger partial charge in [0.05, 0.1) is 6.04 Å². The van der Waals surface area contributed by atoms with E-state index in [0.29, 0.717) is 11.6 Å². The van der Waals surface area contributed by atoms with Gasteiger partial charge >= 0.3 is 0 Å². The number of H-pyrrole nitrogens is 1. The van der Waals surface area contributed by atoms with E-state index < -0.39 is 0 Å². The van der Waals surface area contributed by atoms with Crippen molar-refractivity contribution in [1.29, 1.82) is 0 Å². The van der Waals surface area contributed by atoms with Crippen LogP contribution in [0.15, 0.2) is 40.8 Å². The quantitative estimate of drug-likeness (QED) is 0.773. The second-order valence-electron chi connectivity index (χ2n) is 5.86. The van der Waals surface area contributed by atoms with Gasteiger partial charge in [-0.1, -0.05) is 18.2 Å². The SMILES string of the molecule is C[C@@H](NC(=O)c1cc(C2CC2)[nH]n1)c1cc2ccccc2o1. The Morgan fingerprint density at radius 3 is 2.95 bits per heavy atom. The van der Waals surface area contributed by atoms with Gasteiger partial charge in [0.2, 0.25) is 0 Å². The molecule has 22 heavy (non-hydrogen) atoms. The molecule has 1 aliphatic carbocycles. The number of benzene rings is 1. The van der Waals surface area contributed by atoms with Gasteiger partial charge in [-0.3, -0.25) is 9.89 Å². The van der Waals surface area contributed by atoms with Crippen LogP contribution in [0.4, 0.5) is 0 Å². The summed E-state index contributed by atoms with van der Waals surface area (Å²) in [5.41, 5.74) is 2.32. The molecular weight excluding hydrogens is 278 g/mol. The summed E-state index contributed by atoms with van der Waals surface area (Å²) in [5, 5.41) is 11.0. The number of furan rings is 1. The van der Waals surface area contributed by atoms with Crippen molar-refractivity contribution < 1.29 is 9.21 Å². The minimum atomic E-state index is -0.207. The lowest BCUT2D eigenvalue weighted by molar-refractivity contribution is 0.0930. The van der Waals surface area contributed by atoms with E-state index in [1.807, 2.05) is 43.3 Å². The van der Waals surface area contributed by atoms with Gasteiger partial charge in [0.25, 0.3) is 5.91 Å². The number of carbonyl (C=O) groups is 1. The number of aromatic amines is 1. The Labute approximate surface area is 127 Å². The molecule has 0 aliphatic heterocycles. The molecule has 4 rings (SSSR count). The van der Waals surface area contributed by atoms with Crippen molar-refractivity contribution in [3.63, 3.8) is 0 Å². The molecule has 1 aromatic carbocycles. The maximum absolute atomic E-state index is 12.3. The van der Waals surface area contributed by atoms with Crippen molar-refractivity contribution >= 4 is 16.9 Å². The highest BCUT2D eigenvalue weighted by Crippen LogP contribution is 2.39. The van der Waals surface area contributed by atoms with E-state index >= 15 is 0 Å². The molecule has 1 aliphatic rings. The van der Waals surface area contributed by atoms with Gasteiger partial charge in [-0.15, -0.1) is 0 Å². The highest BCUT2D eigenvalue weighted by molar-refractivity contribution is 5.92. The number of hydrogen-bond donors (Lipinski definition) is 2. The summed E-state index contributed by atoms with van der Waals surface area (Å²) in [7, 11) is 0. The van der Waals surface area contributed by atoms with Gasteiger partial charge in [-0.05, 0) is 38.0 Å². The summed E-state index contributed by atoms with van der Waals surface area (Å²) < 4.78 is 5.78. The summed E-state index contributed by atoms with van der Waals surface area (Å²) >= 11 is 0. The number of aromatic nitrogens is 2. The maximum Gasteiger partial charge on any atom is 0.272 e. The number of amides is 1. The van der Waals surface area contributed by atoms with Gasteiger partial charge < -0.3 is 9.73 Å². The zero-order valence-corrected chi connectivity index (χ0v) is 12.3. The second kappa shape index (κ2) is 5.02. The van der Waals surface area contributed by atoms with Crippen LogP contribution in [0.3, 0.4) is 0 Å². The molecule has 2 aromatic heterocycles. The van der Waals surface area contributed by atoms with E-state index in [0.717, 1.165) is 22.4 Å². The van der Waals surface area contributed by atoms with Crippen LogP contribution < -0.4 is 5.32 Å². The van der Waals surface area contributed by atoms with Crippen LogP contribution in [-0.2, 0) is 0 Å². The predicted octanol–water partition coefficient (Wildman–Crippen LogP) is 3.52. The first-order valence-corrected chi connectivity index (χ1v) is 7.55. The lowest BCUT2D eigenvalue weighted by Gasteiger charge is -2.09. The Bertz CT molecular complexity index is 796. The lowest BCUT2D eigenvalue weighted by Crippen LogP contribution is -2.26. The fourth-order valence-electron chi connectivity index (χ4n) is 2.61. The fraction of sp³-hybridized carbons (Fsp3) is 0.294. The Kier molecular flexibility index (Phi) is 2.99. The summed E-state index contributed by atoms with van der Waals surface area (Å²) in [4.78, 5) is 12.3. The molecule has 1 fully saturated rings. The molecule has 0 radical (unpaired) electrons. The van der Waals surface area contributed by atoms with Crippen LogP contribution in [-0.4, -0.2) is 16.1 Å². The molecular formula is C17H17N3O2. The summed E-state index contributed by atoms with van der Waals surface area (Å²) in [6.45, 7) is 1.91. The largest absolute Gasteiger partial charge is 0.459 e. The molecule has 0 unspecified atom stereocenters. The average molecular weight is 295 g/mol. The number of carbonyl (C=O) groups excluding carboxylic acids is 1. The fourth-order valence-corrected chi connectivity index (χ4v) is 2.61. The third-order valence-electron chi connectivity index (χ3n) is 4.07. The van der Waals surface area contributed by atoms with Gasteiger partial charge in [0.15, 0.2) is 0 Å². The predicted molar refractivity (Wildman–Crippen MR) is 82.7 cm³/mol. The van der Waals surface area contributed by atoms with Crippen molar-refractivity contribution in [2.24, 2.45) is 0 Å². The van der Waals surface area contributed by atoms with Crippen molar-refractivity contribution in [3.05, 3.63) is 53.5 Å². The van der Waals surface area contributed by atoms with E-state index in [-0.39, 0.29) is 11.9 Å². The van der Waals surface area contributed by atoms with Crippen LogP contribution in [0.2, 0.25) is 0 Å². The molecule has 3 aromatic rings. The number of nitrogens with zero attached hydrogens (tertiary/aromatic N) is 1. The summed E-state index contributed by atoms with van der Waals surface area (Å²) in [6.07, 6.45) is 2.36. The van der Waals surface area contributed by atoms with Gasteiger partial charge in [0, 0.05) is 17.0 Å². The molecule has 1 amide bonds. The van der Waals surface area contributed by atoms with Gasteiger partial charge in [-0.2, -0.15) is 5.10 Å². The monoisotopic (exact) mass is 295 g/mol. The first kappa shape index (κ1) is 13.1. The summed E-state index contributed by atoms with van der Waals surface area (Å²) in [5.74, 6) is 1.12. The highest BCUT2D eigenvalue weighted by Gasteiger charge is 2.27. The van der Waals surface area contributed by atoms with Crippen molar-refractivity contribution in [3.8, 4) is 0 Å². The Balaban J connectivity index is 1.50. The zero-order chi connectivity index (χ0) is 15.1. The molecule has 112 valence electrons. The van der Waals surface area contributed by atoms with Crippen molar-refractivity contribution in [2.75, 3.05) is 0 Å². The Hall–Kier alpha value is -2.56. The van der Waals surface area contributed by atoms with Crippen LogP contribution in [0.1, 0.15) is 53.7 Å². The van der Waals surface area contributed by atoms with Crippen LogP contribution in [0.5, 0.6) is 0 Å². The van der Waals surface area contributed by atoms with Crippen molar-refractivity contribution in [2.45, 2.75) is 31.7 Å². The van der Waals surface area contributed by atoms with Crippen LogP contribution >= 0.6 is 0 Å². The lowest BCUT2D eigenvalue weighted by atomic mass is 10.2. The van der Waals surface area contributed by atoms with Crippen molar-refractivity contribution in [1.82, 2.24) is 15.5 Å². The number of nitrogens with one attached hydrogen (secondary N) is 2. The molecule has 5 heteroatoms. The first-order chi connectivity index (χ1) is 10.7. The van der Waals surface area contributed by atoms with Gasteiger partial charge in [-0.25, -0.2) is 0 Å². The minimum Gasteiger partial charge on any atom is -0.459 e. The van der Waals surface area contributed by atoms with Crippen LogP contribution in [0.25, 0.3) is 11.0 Å². The third kappa shape index (κ3) is 2.39. The van der Waals surface area contributed by atoms with E-state index in [1.165, 1.54) is 12.8 Å². The topological polar surface area (TPSA) is 70.9 Å². The molecule has 1 atom stereocenters. The smallest absolute Gasteiger partial charge is 0.272 e. The average Bonchev–Trinajstić information content (AvgIpc) is 3.10. The number of para-hydroxylation sites is 1. The molecule has 0 bridgehead atoms. The first-order valence-electron chi connectivity index (χ1n) is 7.55. The molecule has 0 saturated heterocycles. The molecule has 5 nitrogen and oxygen atoms in total. The molecule has 2 heterocycles. The second-order valence-corrected chi connectivity index (χ2v) is 5.86. The number of hydrogen-bond acceptors (Lipinski definition) is 3. The Morgan fingerprint density at radius 1 is 1.36 bits per heavy atom. The number of rotatable bonds is 4. The normalized spacial score (nSPS) is 15.9. The van der Waals surface area contributed by atoms with E-state index in [2.05, 4.69) is 15.5 Å². The summed E-state index contributed by atoms with van der Waals surface area (Å²) in [6, 6.07) is 11.4. The standard InChI is InChI=1S/C17H17N3O2/c1-10(16-8-12-4-2-3-5-15(12)22-16)18-17(21)14-9-13(19-20-14)11-6-7-11/h2-5,8-11H,6-7H2,1H3,(H,18,21)(H,19,20)/t10-/m1/s1. The molecule has 0 spiro atoms. The van der Waals surface area contributed by atoms with E-state index in [1.54, 1.807) is 0 Å². The van der Waals surface area contributed by atoms with Crippen LogP contribution in [0, 0.1) is 0 Å². The molecule has 1 saturated carbocycles. The minimum absolute atomic E-state index is 0.184.